The largest absolute Gasteiger partial charge is 0.466 e. The van der Waals surface area contributed by atoms with Gasteiger partial charge in [-0.3, -0.25) is 14.4 Å². The number of carbonyl (C=O) groups is 3. The Balaban J connectivity index is 1.97. The summed E-state index contributed by atoms with van der Waals surface area (Å²) in [5.41, 5.74) is 0. The normalized spacial score (nSPS) is 21.8. The number of carbonyl (C=O) groups excluding carboxylic acids is 3. The van der Waals surface area contributed by atoms with Crippen LogP contribution >= 0.6 is 12.2 Å². The Morgan fingerprint density at radius 3 is 2.71 bits per heavy atom. The minimum Gasteiger partial charge on any atom is -0.466 e. The lowest BCUT2D eigenvalue weighted by atomic mass is 9.89. The zero-order valence-electron chi connectivity index (χ0n) is 14.0. The molecule has 0 spiro atoms. The summed E-state index contributed by atoms with van der Waals surface area (Å²) in [6.07, 6.45) is 4.95. The fourth-order valence-electron chi connectivity index (χ4n) is 3.18. The first-order valence-electron chi connectivity index (χ1n) is 8.57. The van der Waals surface area contributed by atoms with Crippen molar-refractivity contribution < 1.29 is 19.1 Å². The van der Waals surface area contributed by atoms with Crippen LogP contribution in [0.15, 0.2) is 0 Å². The fourth-order valence-corrected chi connectivity index (χ4v) is 3.50. The number of ether oxygens (including phenoxy) is 1. The summed E-state index contributed by atoms with van der Waals surface area (Å²) < 4.78 is 4.92. The van der Waals surface area contributed by atoms with Crippen molar-refractivity contribution in [3.8, 4) is 0 Å². The summed E-state index contributed by atoms with van der Waals surface area (Å²) in [5, 5.41) is 5.70. The summed E-state index contributed by atoms with van der Waals surface area (Å²) in [4.78, 5) is 37.8. The van der Waals surface area contributed by atoms with Gasteiger partial charge < -0.3 is 20.3 Å². The van der Waals surface area contributed by atoms with E-state index >= 15 is 0 Å². The summed E-state index contributed by atoms with van der Waals surface area (Å²) in [5.74, 6) is -0.825. The third-order valence-electron chi connectivity index (χ3n) is 4.46. The smallest absolute Gasteiger partial charge is 0.308 e. The molecule has 0 radical (unpaired) electrons. The van der Waals surface area contributed by atoms with Gasteiger partial charge in [0.15, 0.2) is 5.11 Å². The number of rotatable bonds is 4. The van der Waals surface area contributed by atoms with Crippen molar-refractivity contribution in [2.45, 2.75) is 51.5 Å². The molecule has 0 aromatic rings. The fraction of sp³-hybridized carbons (Fsp3) is 0.750. The van der Waals surface area contributed by atoms with Gasteiger partial charge in [0, 0.05) is 19.0 Å². The van der Waals surface area contributed by atoms with E-state index in [0.717, 1.165) is 25.7 Å². The first-order chi connectivity index (χ1) is 11.5. The van der Waals surface area contributed by atoms with E-state index < -0.39 is 12.0 Å². The molecule has 134 valence electrons. The first kappa shape index (κ1) is 18.6. The van der Waals surface area contributed by atoms with E-state index in [1.807, 2.05) is 0 Å². The van der Waals surface area contributed by atoms with Gasteiger partial charge in [-0.05, 0) is 32.0 Å². The number of nitrogens with one attached hydrogen (secondary N) is 2. The Morgan fingerprint density at radius 1 is 1.33 bits per heavy atom. The van der Waals surface area contributed by atoms with Crippen molar-refractivity contribution in [1.29, 1.82) is 0 Å². The number of nitrogens with zero attached hydrogens (tertiary/aromatic N) is 1. The topological polar surface area (TPSA) is 87.7 Å². The minimum absolute atomic E-state index is 0.0150. The average molecular weight is 355 g/mol. The van der Waals surface area contributed by atoms with Crippen LogP contribution in [0.3, 0.4) is 0 Å². The highest BCUT2D eigenvalue weighted by molar-refractivity contribution is 7.80. The Hall–Kier alpha value is -1.70. The molecule has 2 aliphatic rings. The lowest BCUT2D eigenvalue weighted by Crippen LogP contribution is -2.60. The molecule has 0 aromatic carbocycles. The van der Waals surface area contributed by atoms with Crippen LogP contribution in [0.4, 0.5) is 0 Å². The highest BCUT2D eigenvalue weighted by Gasteiger charge is 2.34. The van der Waals surface area contributed by atoms with Crippen LogP contribution in [0.1, 0.15) is 45.4 Å². The van der Waals surface area contributed by atoms with Crippen LogP contribution in [0.25, 0.3) is 0 Å². The molecule has 2 fully saturated rings. The summed E-state index contributed by atoms with van der Waals surface area (Å²) >= 11 is 5.33. The molecular weight excluding hydrogens is 330 g/mol. The molecule has 2 amide bonds. The van der Waals surface area contributed by atoms with Crippen molar-refractivity contribution in [1.82, 2.24) is 15.5 Å². The maximum atomic E-state index is 12.3. The molecule has 0 aromatic heterocycles. The molecule has 1 saturated carbocycles. The van der Waals surface area contributed by atoms with Gasteiger partial charge in [-0.25, -0.2) is 0 Å². The number of hydrogen-bond acceptors (Lipinski definition) is 5. The van der Waals surface area contributed by atoms with Crippen molar-refractivity contribution in [2.24, 2.45) is 5.92 Å². The highest BCUT2D eigenvalue weighted by atomic mass is 32.1. The second-order valence-electron chi connectivity index (χ2n) is 6.14. The van der Waals surface area contributed by atoms with E-state index in [2.05, 4.69) is 10.6 Å². The third kappa shape index (κ3) is 4.90. The molecule has 24 heavy (non-hydrogen) atoms. The summed E-state index contributed by atoms with van der Waals surface area (Å²) in [7, 11) is 0. The summed E-state index contributed by atoms with van der Waals surface area (Å²) in [6.45, 7) is 2.86. The Morgan fingerprint density at radius 2 is 2.04 bits per heavy atom. The van der Waals surface area contributed by atoms with Gasteiger partial charge in [0.2, 0.25) is 11.8 Å². The molecule has 1 heterocycles. The van der Waals surface area contributed by atoms with E-state index in [9.17, 15) is 14.4 Å². The van der Waals surface area contributed by atoms with Gasteiger partial charge >= 0.3 is 5.97 Å². The van der Waals surface area contributed by atoms with Crippen molar-refractivity contribution in [3.63, 3.8) is 0 Å². The first-order valence-corrected chi connectivity index (χ1v) is 8.98. The zero-order valence-corrected chi connectivity index (χ0v) is 14.8. The number of thiocarbonyl (C=S) groups is 1. The van der Waals surface area contributed by atoms with Crippen molar-refractivity contribution in [3.05, 3.63) is 0 Å². The van der Waals surface area contributed by atoms with E-state index in [-0.39, 0.29) is 35.9 Å². The van der Waals surface area contributed by atoms with E-state index in [1.165, 1.54) is 6.42 Å². The van der Waals surface area contributed by atoms with Crippen LogP contribution in [-0.2, 0) is 19.1 Å². The Labute approximate surface area is 147 Å². The molecule has 1 atom stereocenters. The van der Waals surface area contributed by atoms with Crippen molar-refractivity contribution in [2.75, 3.05) is 19.7 Å². The molecule has 1 unspecified atom stereocenters. The van der Waals surface area contributed by atoms with Gasteiger partial charge in [-0.1, -0.05) is 19.3 Å². The SMILES string of the molecule is CCOC(=O)CC1C(=O)NCCN1C(=S)NC(=O)C1CCCCC1. The number of hydrogen-bond donors (Lipinski definition) is 2. The minimum atomic E-state index is -0.739. The monoisotopic (exact) mass is 355 g/mol. The molecule has 2 rings (SSSR count). The van der Waals surface area contributed by atoms with E-state index in [0.29, 0.717) is 13.1 Å². The molecule has 0 bridgehead atoms. The van der Waals surface area contributed by atoms with Gasteiger partial charge in [0.25, 0.3) is 0 Å². The molecule has 8 heteroatoms. The predicted octanol–water partition coefficient (Wildman–Crippen LogP) is 0.721. The van der Waals surface area contributed by atoms with Crippen LogP contribution < -0.4 is 10.6 Å². The van der Waals surface area contributed by atoms with E-state index in [1.54, 1.807) is 11.8 Å². The lowest BCUT2D eigenvalue weighted by Gasteiger charge is -2.36. The predicted molar refractivity (Wildman–Crippen MR) is 92.1 cm³/mol. The third-order valence-corrected chi connectivity index (χ3v) is 4.80. The lowest BCUT2D eigenvalue weighted by molar-refractivity contribution is -0.147. The Kier molecular flexibility index (Phi) is 6.96. The van der Waals surface area contributed by atoms with Gasteiger partial charge in [0.05, 0.1) is 13.0 Å². The molecule has 1 aliphatic heterocycles. The number of piperazine rings is 1. The number of esters is 1. The quantitative estimate of drug-likeness (QED) is 0.571. The zero-order chi connectivity index (χ0) is 17.5. The Bertz CT molecular complexity index is 506. The van der Waals surface area contributed by atoms with Gasteiger partial charge in [-0.15, -0.1) is 0 Å². The molecule has 1 aliphatic carbocycles. The van der Waals surface area contributed by atoms with Gasteiger partial charge in [0.1, 0.15) is 6.04 Å². The number of amides is 2. The second kappa shape index (κ2) is 8.96. The van der Waals surface area contributed by atoms with Crippen molar-refractivity contribution >= 4 is 35.1 Å². The van der Waals surface area contributed by atoms with Gasteiger partial charge in [-0.2, -0.15) is 0 Å². The molecule has 1 saturated heterocycles. The van der Waals surface area contributed by atoms with Crippen LogP contribution in [0.5, 0.6) is 0 Å². The van der Waals surface area contributed by atoms with Crippen LogP contribution in [0, 0.1) is 5.92 Å². The molecule has 2 N–H and O–H groups in total. The maximum Gasteiger partial charge on any atom is 0.308 e. The van der Waals surface area contributed by atoms with E-state index in [4.69, 9.17) is 17.0 Å². The average Bonchev–Trinajstić information content (AvgIpc) is 2.57. The molecule has 7 nitrogen and oxygen atoms in total. The van der Waals surface area contributed by atoms with Crippen LogP contribution in [-0.4, -0.2) is 53.5 Å². The van der Waals surface area contributed by atoms with Crippen LogP contribution in [0.2, 0.25) is 0 Å². The maximum absolute atomic E-state index is 12.3. The highest BCUT2D eigenvalue weighted by Crippen LogP contribution is 2.23. The summed E-state index contributed by atoms with van der Waals surface area (Å²) in [6, 6.07) is -0.739. The second-order valence-corrected chi connectivity index (χ2v) is 6.53. The standard InChI is InChI=1S/C16H25N3O4S/c1-2-23-13(20)10-12-15(22)17-8-9-19(12)16(24)18-14(21)11-6-4-3-5-7-11/h11-12H,2-10H2,1H3,(H,17,22)(H,18,21,24). The molecular formula is C16H25N3O4S.